The predicted molar refractivity (Wildman–Crippen MR) is 147 cm³/mol. The Morgan fingerprint density at radius 3 is 2.43 bits per heavy atom. The zero-order valence-corrected chi connectivity index (χ0v) is 24.0. The number of ether oxygens (including phenoxy) is 1. The maximum Gasteiger partial charge on any atom is 0.348 e. The number of amides is 2. The van der Waals surface area contributed by atoms with Crippen LogP contribution >= 0.6 is 11.3 Å². The van der Waals surface area contributed by atoms with E-state index in [4.69, 9.17) is 4.74 Å². The molecule has 7 nitrogen and oxygen atoms in total. The summed E-state index contributed by atoms with van der Waals surface area (Å²) >= 11 is 1.10. The van der Waals surface area contributed by atoms with Crippen LogP contribution in [0.5, 0.6) is 0 Å². The van der Waals surface area contributed by atoms with Gasteiger partial charge >= 0.3 is 5.97 Å². The van der Waals surface area contributed by atoms with Crippen molar-refractivity contribution in [3.63, 3.8) is 0 Å². The summed E-state index contributed by atoms with van der Waals surface area (Å²) < 4.78 is 5.23. The third-order valence-electron chi connectivity index (χ3n) is 7.33. The number of carboxylic acids is 1. The number of aromatic carboxylic acids is 1. The Balaban J connectivity index is 2.15. The molecule has 8 heteroatoms. The van der Waals surface area contributed by atoms with E-state index in [1.54, 1.807) is 16.9 Å². The summed E-state index contributed by atoms with van der Waals surface area (Å²) in [5.41, 5.74) is 0.761. The molecule has 2 fully saturated rings. The second kappa shape index (κ2) is 12.4. The van der Waals surface area contributed by atoms with E-state index in [9.17, 15) is 19.5 Å². The highest BCUT2D eigenvalue weighted by molar-refractivity contribution is 7.15. The van der Waals surface area contributed by atoms with Gasteiger partial charge in [0.15, 0.2) is 0 Å². The average Bonchev–Trinajstić information content (AvgIpc) is 3.05. The van der Waals surface area contributed by atoms with Gasteiger partial charge in [-0.15, -0.1) is 11.3 Å². The Bertz CT molecular complexity index is 1050. The molecule has 0 bridgehead atoms. The van der Waals surface area contributed by atoms with Crippen molar-refractivity contribution in [2.75, 3.05) is 31.7 Å². The Hall–Kier alpha value is -2.37. The van der Waals surface area contributed by atoms with Gasteiger partial charge in [0.05, 0.1) is 17.2 Å². The Morgan fingerprint density at radius 2 is 1.84 bits per heavy atom. The molecule has 0 unspecified atom stereocenters. The SMILES string of the molecule is COCCN1CCCC[C@H](N(c2c(C(=O)O)sc(C#CC(C)(C)C)c2C)C(=O)[C@H]2CC[C@H](C)CC2)C1=O. The maximum absolute atomic E-state index is 14.2. The van der Waals surface area contributed by atoms with Crippen molar-refractivity contribution >= 4 is 34.8 Å². The van der Waals surface area contributed by atoms with Gasteiger partial charge in [-0.3, -0.25) is 14.5 Å². The third-order valence-corrected chi connectivity index (χ3v) is 8.52. The van der Waals surface area contributed by atoms with E-state index in [0.29, 0.717) is 48.2 Å². The zero-order chi connectivity index (χ0) is 27.3. The molecule has 0 spiro atoms. The summed E-state index contributed by atoms with van der Waals surface area (Å²) in [4.78, 5) is 44.7. The van der Waals surface area contributed by atoms with Crippen molar-refractivity contribution in [1.29, 1.82) is 0 Å². The summed E-state index contributed by atoms with van der Waals surface area (Å²) in [5.74, 6) is 5.36. The molecule has 2 aliphatic rings. The first kappa shape index (κ1) is 29.2. The highest BCUT2D eigenvalue weighted by atomic mass is 32.1. The molecule has 2 amide bonds. The molecular formula is C29H42N2O5S. The summed E-state index contributed by atoms with van der Waals surface area (Å²) in [5, 5.41) is 10.2. The molecule has 1 saturated heterocycles. The number of thiophene rings is 1. The van der Waals surface area contributed by atoms with E-state index in [1.165, 1.54) is 0 Å². The van der Waals surface area contributed by atoms with Gasteiger partial charge in [-0.2, -0.15) is 0 Å². The van der Waals surface area contributed by atoms with Crippen molar-refractivity contribution in [1.82, 2.24) is 4.90 Å². The van der Waals surface area contributed by atoms with Gasteiger partial charge in [-0.05, 0) is 78.6 Å². The summed E-state index contributed by atoms with van der Waals surface area (Å²) in [6, 6.07) is -0.735. The lowest BCUT2D eigenvalue weighted by Crippen LogP contribution is -2.53. The highest BCUT2D eigenvalue weighted by Crippen LogP contribution is 2.40. The maximum atomic E-state index is 14.2. The number of hydrogen-bond acceptors (Lipinski definition) is 5. The van der Waals surface area contributed by atoms with Gasteiger partial charge in [-0.1, -0.05) is 18.8 Å². The number of nitrogens with zero attached hydrogens (tertiary/aromatic N) is 2. The summed E-state index contributed by atoms with van der Waals surface area (Å²) in [7, 11) is 1.60. The molecule has 1 saturated carbocycles. The summed E-state index contributed by atoms with van der Waals surface area (Å²) in [6.45, 7) is 11.5. The number of anilines is 1. The van der Waals surface area contributed by atoms with Crippen molar-refractivity contribution in [2.24, 2.45) is 17.3 Å². The van der Waals surface area contributed by atoms with E-state index >= 15 is 0 Å². The molecule has 0 aromatic carbocycles. The van der Waals surface area contributed by atoms with Gasteiger partial charge in [0.25, 0.3) is 0 Å². The van der Waals surface area contributed by atoms with E-state index < -0.39 is 12.0 Å². The van der Waals surface area contributed by atoms with E-state index in [-0.39, 0.29) is 28.0 Å². The first-order valence-corrected chi connectivity index (χ1v) is 14.3. The van der Waals surface area contributed by atoms with Crippen LogP contribution in [-0.4, -0.2) is 60.6 Å². The molecule has 0 radical (unpaired) electrons. The number of carbonyl (C=O) groups is 3. The van der Waals surface area contributed by atoms with Crippen molar-refractivity contribution < 1.29 is 24.2 Å². The number of rotatable bonds is 7. The lowest BCUT2D eigenvalue weighted by Gasteiger charge is -2.37. The predicted octanol–water partition coefficient (Wildman–Crippen LogP) is 5.34. The van der Waals surface area contributed by atoms with E-state index in [0.717, 1.165) is 49.9 Å². The first-order chi connectivity index (χ1) is 17.4. The standard InChI is InChI=1S/C29H42N2O5S/c1-19-10-12-21(13-11-19)26(32)31(22-9-7-8-16-30(27(22)33)17-18-36-6)24-20(2)23(14-15-29(3,4)5)37-25(24)28(34)35/h19,21-22H,7-13,16-18H2,1-6H3,(H,34,35)/t19-,21-,22-/m0/s1. The second-order valence-corrected chi connectivity index (χ2v) is 12.6. The quantitative estimate of drug-likeness (QED) is 0.481. The van der Waals surface area contributed by atoms with Gasteiger partial charge in [0, 0.05) is 37.1 Å². The van der Waals surface area contributed by atoms with Gasteiger partial charge in [0.1, 0.15) is 10.9 Å². The van der Waals surface area contributed by atoms with Crippen LogP contribution in [0, 0.1) is 36.0 Å². The van der Waals surface area contributed by atoms with Crippen LogP contribution in [0.25, 0.3) is 0 Å². The fourth-order valence-corrected chi connectivity index (χ4v) is 6.17. The van der Waals surface area contributed by atoms with Crippen LogP contribution in [0.15, 0.2) is 0 Å². The van der Waals surface area contributed by atoms with E-state index in [1.807, 2.05) is 27.7 Å². The molecule has 1 aliphatic heterocycles. The number of carboxylic acid groups (broad SMARTS) is 1. The Labute approximate surface area is 225 Å². The lowest BCUT2D eigenvalue weighted by atomic mass is 9.82. The van der Waals surface area contributed by atoms with Crippen molar-refractivity contribution in [3.05, 3.63) is 15.3 Å². The molecule has 1 N–H and O–H groups in total. The molecule has 2 heterocycles. The fourth-order valence-electron chi connectivity index (χ4n) is 5.17. The Kier molecular flexibility index (Phi) is 9.82. The molecule has 1 aliphatic carbocycles. The zero-order valence-electron chi connectivity index (χ0n) is 23.2. The van der Waals surface area contributed by atoms with Crippen LogP contribution in [0.2, 0.25) is 0 Å². The molecule has 1 aromatic rings. The largest absolute Gasteiger partial charge is 0.477 e. The van der Waals surface area contributed by atoms with Crippen LogP contribution in [0.4, 0.5) is 5.69 Å². The first-order valence-electron chi connectivity index (χ1n) is 13.4. The number of hydrogen-bond donors (Lipinski definition) is 1. The molecule has 204 valence electrons. The topological polar surface area (TPSA) is 87.2 Å². The Morgan fingerprint density at radius 1 is 1.16 bits per heavy atom. The van der Waals surface area contributed by atoms with Crippen molar-refractivity contribution in [3.8, 4) is 11.8 Å². The minimum absolute atomic E-state index is 0.0775. The third kappa shape index (κ3) is 7.14. The number of carbonyl (C=O) groups excluding carboxylic acids is 2. The lowest BCUT2D eigenvalue weighted by molar-refractivity contribution is -0.135. The van der Waals surface area contributed by atoms with E-state index in [2.05, 4.69) is 18.8 Å². The minimum atomic E-state index is -1.10. The average molecular weight is 531 g/mol. The molecule has 1 atom stereocenters. The van der Waals surface area contributed by atoms with Crippen LogP contribution in [-0.2, 0) is 14.3 Å². The molecule has 3 rings (SSSR count). The molecule has 37 heavy (non-hydrogen) atoms. The monoisotopic (exact) mass is 530 g/mol. The molecular weight excluding hydrogens is 488 g/mol. The smallest absolute Gasteiger partial charge is 0.348 e. The van der Waals surface area contributed by atoms with Gasteiger partial charge in [0.2, 0.25) is 11.8 Å². The van der Waals surface area contributed by atoms with Gasteiger partial charge in [-0.25, -0.2) is 4.79 Å². The number of methoxy groups -OCH3 is 1. The fraction of sp³-hybridized carbons (Fsp3) is 0.690. The minimum Gasteiger partial charge on any atom is -0.477 e. The van der Waals surface area contributed by atoms with Crippen LogP contribution in [0.3, 0.4) is 0 Å². The number of likely N-dealkylation sites (tertiary alicyclic amines) is 1. The van der Waals surface area contributed by atoms with Crippen LogP contribution in [0.1, 0.15) is 92.8 Å². The second-order valence-electron chi connectivity index (χ2n) is 11.5. The van der Waals surface area contributed by atoms with Crippen LogP contribution < -0.4 is 4.90 Å². The normalized spacial score (nSPS) is 22.7. The van der Waals surface area contributed by atoms with Crippen molar-refractivity contribution in [2.45, 2.75) is 85.6 Å². The highest BCUT2D eigenvalue weighted by Gasteiger charge is 2.41. The van der Waals surface area contributed by atoms with Gasteiger partial charge < -0.3 is 14.7 Å². The summed E-state index contributed by atoms with van der Waals surface area (Å²) in [6.07, 6.45) is 5.56. The molecule has 1 aromatic heterocycles.